The van der Waals surface area contributed by atoms with E-state index in [2.05, 4.69) is 10.2 Å². The van der Waals surface area contributed by atoms with Gasteiger partial charge in [-0.2, -0.15) is 9.90 Å². The molecule has 0 aliphatic rings. The summed E-state index contributed by atoms with van der Waals surface area (Å²) in [6.45, 7) is 0.373. The fourth-order valence-corrected chi connectivity index (χ4v) is 1.36. The van der Waals surface area contributed by atoms with Crippen LogP contribution >= 0.6 is 0 Å². The molecule has 2 N–H and O–H groups in total. The molecule has 0 radical (unpaired) electrons. The minimum Gasteiger partial charge on any atom is -0.494 e. The van der Waals surface area contributed by atoms with Gasteiger partial charge < -0.3 is 10.5 Å². The predicted octanol–water partition coefficient (Wildman–Crippen LogP) is 1.06. The van der Waals surface area contributed by atoms with Gasteiger partial charge in [0.25, 0.3) is 0 Å². The van der Waals surface area contributed by atoms with E-state index in [-0.39, 0.29) is 5.75 Å². The molecule has 0 bridgehead atoms. The van der Waals surface area contributed by atoms with Crippen molar-refractivity contribution in [2.24, 2.45) is 0 Å². The zero-order valence-electron chi connectivity index (χ0n) is 8.72. The molecule has 1 aromatic heterocycles. The van der Waals surface area contributed by atoms with E-state index in [1.165, 1.54) is 24.2 Å². The summed E-state index contributed by atoms with van der Waals surface area (Å²) in [4.78, 5) is 1.40. The predicted molar refractivity (Wildman–Crippen MR) is 56.5 cm³/mol. The van der Waals surface area contributed by atoms with Crippen LogP contribution < -0.4 is 10.5 Å². The molecule has 0 unspecified atom stereocenters. The van der Waals surface area contributed by atoms with E-state index in [0.29, 0.717) is 12.4 Å². The summed E-state index contributed by atoms with van der Waals surface area (Å²) >= 11 is 0. The normalized spacial score (nSPS) is 10.4. The van der Waals surface area contributed by atoms with E-state index < -0.39 is 5.82 Å². The van der Waals surface area contributed by atoms with Crippen LogP contribution in [0.15, 0.2) is 24.4 Å². The molecule has 0 aliphatic carbocycles. The van der Waals surface area contributed by atoms with Crippen LogP contribution in [0.4, 0.5) is 10.2 Å². The highest BCUT2D eigenvalue weighted by Gasteiger charge is 2.04. The number of rotatable bonds is 3. The number of anilines is 1. The fourth-order valence-electron chi connectivity index (χ4n) is 1.36. The van der Waals surface area contributed by atoms with Gasteiger partial charge in [-0.25, -0.2) is 4.39 Å². The van der Waals surface area contributed by atoms with Gasteiger partial charge in [0.2, 0.25) is 0 Å². The molecule has 0 aliphatic heterocycles. The van der Waals surface area contributed by atoms with Gasteiger partial charge in [0.15, 0.2) is 17.4 Å². The molecule has 6 heteroatoms. The van der Waals surface area contributed by atoms with Gasteiger partial charge >= 0.3 is 0 Å². The summed E-state index contributed by atoms with van der Waals surface area (Å²) in [6, 6.07) is 4.71. The molecule has 16 heavy (non-hydrogen) atoms. The molecule has 5 nitrogen and oxygen atoms in total. The molecule has 1 aromatic carbocycles. The second-order valence-corrected chi connectivity index (χ2v) is 3.27. The minimum atomic E-state index is -0.403. The van der Waals surface area contributed by atoms with Crippen molar-refractivity contribution < 1.29 is 9.13 Å². The number of nitrogens with two attached hydrogens (primary N) is 1. The Kier molecular flexibility index (Phi) is 2.72. The van der Waals surface area contributed by atoms with Crippen LogP contribution in [0.3, 0.4) is 0 Å². The number of methoxy groups -OCH3 is 1. The Bertz CT molecular complexity index is 497. The number of hydrogen-bond donors (Lipinski definition) is 1. The van der Waals surface area contributed by atoms with E-state index in [0.717, 1.165) is 5.56 Å². The third kappa shape index (κ3) is 2.10. The molecule has 2 aromatic rings. The first kappa shape index (κ1) is 10.4. The second-order valence-electron chi connectivity index (χ2n) is 3.27. The lowest BCUT2D eigenvalue weighted by Gasteiger charge is -2.04. The Morgan fingerprint density at radius 3 is 2.88 bits per heavy atom. The summed E-state index contributed by atoms with van der Waals surface area (Å²) in [7, 11) is 1.42. The highest BCUT2D eigenvalue weighted by molar-refractivity contribution is 5.29. The Hall–Kier alpha value is -2.11. The van der Waals surface area contributed by atoms with Gasteiger partial charge in [0.1, 0.15) is 0 Å². The van der Waals surface area contributed by atoms with Crippen molar-refractivity contribution in [3.63, 3.8) is 0 Å². The number of nitrogen functional groups attached to an aromatic ring is 1. The van der Waals surface area contributed by atoms with Crippen molar-refractivity contribution in [1.29, 1.82) is 0 Å². The van der Waals surface area contributed by atoms with Crippen LogP contribution in [0.1, 0.15) is 5.56 Å². The maximum atomic E-state index is 13.4. The summed E-state index contributed by atoms with van der Waals surface area (Å²) in [5, 5.41) is 7.82. The lowest BCUT2D eigenvalue weighted by Crippen LogP contribution is -2.04. The number of halogens is 1. The van der Waals surface area contributed by atoms with E-state index in [1.54, 1.807) is 12.1 Å². The van der Waals surface area contributed by atoms with Crippen molar-refractivity contribution in [3.8, 4) is 5.75 Å². The largest absolute Gasteiger partial charge is 0.494 e. The molecule has 84 valence electrons. The Balaban J connectivity index is 2.19. The van der Waals surface area contributed by atoms with Crippen molar-refractivity contribution in [2.75, 3.05) is 12.8 Å². The molecule has 0 atom stereocenters. The van der Waals surface area contributed by atoms with Crippen LogP contribution in [0.25, 0.3) is 0 Å². The number of ether oxygens (including phenoxy) is 1. The van der Waals surface area contributed by atoms with Gasteiger partial charge in [-0.3, -0.25) is 0 Å². The first-order valence-corrected chi connectivity index (χ1v) is 4.67. The van der Waals surface area contributed by atoms with E-state index in [4.69, 9.17) is 10.5 Å². The first-order valence-electron chi connectivity index (χ1n) is 4.67. The summed E-state index contributed by atoms with van der Waals surface area (Å²) in [5.41, 5.74) is 6.16. The summed E-state index contributed by atoms with van der Waals surface area (Å²) < 4.78 is 18.2. The Morgan fingerprint density at radius 2 is 2.31 bits per heavy atom. The molecule has 0 saturated carbocycles. The third-order valence-electron chi connectivity index (χ3n) is 2.09. The molecule has 1 heterocycles. The van der Waals surface area contributed by atoms with E-state index in [1.807, 2.05) is 0 Å². The summed E-state index contributed by atoms with van der Waals surface area (Å²) in [6.07, 6.45) is 1.44. The van der Waals surface area contributed by atoms with Gasteiger partial charge in [-0.05, 0) is 17.7 Å². The van der Waals surface area contributed by atoms with Crippen LogP contribution in [-0.4, -0.2) is 22.1 Å². The zero-order valence-corrected chi connectivity index (χ0v) is 8.72. The van der Waals surface area contributed by atoms with Gasteiger partial charge in [-0.1, -0.05) is 6.07 Å². The number of aromatic nitrogens is 3. The molecule has 0 amide bonds. The van der Waals surface area contributed by atoms with Crippen molar-refractivity contribution >= 4 is 5.82 Å². The van der Waals surface area contributed by atoms with Gasteiger partial charge in [0, 0.05) is 0 Å². The fraction of sp³-hybridized carbons (Fsp3) is 0.200. The van der Waals surface area contributed by atoms with Crippen molar-refractivity contribution in [1.82, 2.24) is 15.0 Å². The standard InChI is InChI=1S/C10H11FN4O/c1-16-9-3-2-7(4-8(9)11)6-15-13-5-10(12)14-15/h2-5H,6H2,1H3,(H2,12,14). The van der Waals surface area contributed by atoms with Crippen LogP contribution in [-0.2, 0) is 6.54 Å². The highest BCUT2D eigenvalue weighted by atomic mass is 19.1. The average molecular weight is 222 g/mol. The number of nitrogens with zero attached hydrogens (tertiary/aromatic N) is 3. The lowest BCUT2D eigenvalue weighted by atomic mass is 10.2. The van der Waals surface area contributed by atoms with E-state index >= 15 is 0 Å². The van der Waals surface area contributed by atoms with Crippen LogP contribution in [0.5, 0.6) is 5.75 Å². The SMILES string of the molecule is COc1ccc(Cn2ncc(N)n2)cc1F. The lowest BCUT2D eigenvalue weighted by molar-refractivity contribution is 0.386. The smallest absolute Gasteiger partial charge is 0.165 e. The molecule has 0 spiro atoms. The molecular weight excluding hydrogens is 211 g/mol. The monoisotopic (exact) mass is 222 g/mol. The molecular formula is C10H11FN4O. The third-order valence-corrected chi connectivity index (χ3v) is 2.09. The summed E-state index contributed by atoms with van der Waals surface area (Å²) in [5.74, 6) is 0.158. The van der Waals surface area contributed by atoms with Crippen molar-refractivity contribution in [3.05, 3.63) is 35.8 Å². The quantitative estimate of drug-likeness (QED) is 0.843. The molecule has 2 rings (SSSR count). The van der Waals surface area contributed by atoms with Gasteiger partial charge in [-0.15, -0.1) is 5.10 Å². The molecule has 0 saturated heterocycles. The second kappa shape index (κ2) is 4.18. The number of benzene rings is 1. The first-order chi connectivity index (χ1) is 7.69. The maximum Gasteiger partial charge on any atom is 0.165 e. The van der Waals surface area contributed by atoms with Crippen molar-refractivity contribution in [2.45, 2.75) is 6.54 Å². The van der Waals surface area contributed by atoms with Crippen LogP contribution in [0.2, 0.25) is 0 Å². The Morgan fingerprint density at radius 1 is 1.50 bits per heavy atom. The zero-order chi connectivity index (χ0) is 11.5. The minimum absolute atomic E-state index is 0.219. The topological polar surface area (TPSA) is 66.0 Å². The average Bonchev–Trinajstić information content (AvgIpc) is 2.64. The maximum absolute atomic E-state index is 13.4. The Labute approximate surface area is 91.6 Å². The van der Waals surface area contributed by atoms with E-state index in [9.17, 15) is 4.39 Å². The molecule has 0 fully saturated rings. The number of hydrogen-bond acceptors (Lipinski definition) is 4. The van der Waals surface area contributed by atoms with Crippen LogP contribution in [0, 0.1) is 5.82 Å². The van der Waals surface area contributed by atoms with Gasteiger partial charge in [0.05, 0.1) is 19.9 Å². The highest BCUT2D eigenvalue weighted by Crippen LogP contribution is 2.17.